The predicted octanol–water partition coefficient (Wildman–Crippen LogP) is 4.82. The van der Waals surface area contributed by atoms with Gasteiger partial charge in [0, 0.05) is 36.3 Å². The minimum absolute atomic E-state index is 0.225. The van der Waals surface area contributed by atoms with Gasteiger partial charge in [0.05, 0.1) is 29.5 Å². The van der Waals surface area contributed by atoms with Crippen molar-refractivity contribution in [2.75, 3.05) is 31.1 Å². The van der Waals surface area contributed by atoms with Gasteiger partial charge in [-0.3, -0.25) is 9.69 Å². The lowest BCUT2D eigenvalue weighted by molar-refractivity contribution is -0.120. The maximum atomic E-state index is 13.1. The van der Waals surface area contributed by atoms with Gasteiger partial charge in [0.1, 0.15) is 0 Å². The van der Waals surface area contributed by atoms with E-state index in [1.165, 1.54) is 37.7 Å². The number of ether oxygens (including phenoxy) is 1. The van der Waals surface area contributed by atoms with Crippen LogP contribution >= 0.6 is 11.3 Å². The van der Waals surface area contributed by atoms with E-state index in [0.717, 1.165) is 60.8 Å². The molecule has 2 fully saturated rings. The van der Waals surface area contributed by atoms with Gasteiger partial charge in [-0.1, -0.05) is 25.3 Å². The number of likely N-dealkylation sites (tertiary alicyclic amines) is 1. The van der Waals surface area contributed by atoms with Crippen molar-refractivity contribution in [1.82, 2.24) is 9.88 Å². The molecule has 3 aliphatic rings. The summed E-state index contributed by atoms with van der Waals surface area (Å²) in [7, 11) is 0. The Morgan fingerprint density at radius 3 is 2.61 bits per heavy atom. The number of fused-ring (bicyclic) bond motifs is 1. The molecule has 2 aliphatic heterocycles. The number of nitrogens with zero attached hydrogens (tertiary/aromatic N) is 3. The van der Waals surface area contributed by atoms with Gasteiger partial charge in [-0.2, -0.15) is 0 Å². The lowest BCUT2D eigenvalue weighted by Crippen LogP contribution is -2.45. The molecule has 1 saturated heterocycles. The van der Waals surface area contributed by atoms with Crippen LogP contribution in [0.1, 0.15) is 55.5 Å². The third-order valence-corrected chi connectivity index (χ3v) is 7.79. The molecule has 5 rings (SSSR count). The number of aryl methyl sites for hydroxylation is 1. The van der Waals surface area contributed by atoms with E-state index in [-0.39, 0.29) is 5.91 Å². The molecule has 1 saturated carbocycles. The summed E-state index contributed by atoms with van der Waals surface area (Å²) in [5, 5.41) is 3.19. The summed E-state index contributed by atoms with van der Waals surface area (Å²) in [5.41, 5.74) is 4.53. The maximum Gasteiger partial charge on any atom is 0.241 e. The molecule has 0 unspecified atom stereocenters. The first kappa shape index (κ1) is 21.1. The average molecular weight is 440 g/mol. The molecule has 5 nitrogen and oxygen atoms in total. The fourth-order valence-electron chi connectivity index (χ4n) is 5.27. The normalized spacial score (nSPS) is 20.9. The van der Waals surface area contributed by atoms with Crippen molar-refractivity contribution in [2.45, 2.75) is 70.5 Å². The summed E-state index contributed by atoms with van der Waals surface area (Å²) >= 11 is 1.68. The first-order valence-corrected chi connectivity index (χ1v) is 12.8. The van der Waals surface area contributed by atoms with Crippen molar-refractivity contribution >= 4 is 22.9 Å². The zero-order chi connectivity index (χ0) is 21.2. The Morgan fingerprint density at radius 2 is 1.87 bits per heavy atom. The average Bonchev–Trinajstić information content (AvgIpc) is 3.41. The summed E-state index contributed by atoms with van der Waals surface area (Å²) in [6.07, 6.45) is 10.4. The number of thiazole rings is 1. The van der Waals surface area contributed by atoms with E-state index in [1.807, 2.05) is 11.8 Å². The third kappa shape index (κ3) is 4.86. The Bertz CT molecular complexity index is 913. The van der Waals surface area contributed by atoms with Crippen LogP contribution in [0.2, 0.25) is 0 Å². The van der Waals surface area contributed by atoms with E-state index in [0.29, 0.717) is 18.8 Å². The fraction of sp³-hybridized carbons (Fsp3) is 0.600. The number of anilines is 1. The van der Waals surface area contributed by atoms with Crippen LogP contribution in [-0.4, -0.2) is 54.2 Å². The monoisotopic (exact) mass is 439 g/mol. The molecule has 166 valence electrons. The highest BCUT2D eigenvalue weighted by molar-refractivity contribution is 7.09. The van der Waals surface area contributed by atoms with Crippen LogP contribution in [0.4, 0.5) is 5.69 Å². The molecule has 0 spiro atoms. The number of hydrogen-bond acceptors (Lipinski definition) is 5. The maximum absolute atomic E-state index is 13.1. The Kier molecular flexibility index (Phi) is 6.39. The molecule has 6 heteroatoms. The van der Waals surface area contributed by atoms with E-state index in [2.05, 4.69) is 33.5 Å². The van der Waals surface area contributed by atoms with E-state index in [4.69, 9.17) is 4.74 Å². The molecule has 31 heavy (non-hydrogen) atoms. The fourth-order valence-corrected chi connectivity index (χ4v) is 5.89. The zero-order valence-electron chi connectivity index (χ0n) is 18.5. The van der Waals surface area contributed by atoms with Gasteiger partial charge >= 0.3 is 0 Å². The highest BCUT2D eigenvalue weighted by Gasteiger charge is 2.29. The molecule has 0 bridgehead atoms. The molecule has 1 amide bonds. The second-order valence-corrected chi connectivity index (χ2v) is 10.3. The quantitative estimate of drug-likeness (QED) is 0.670. The Labute approximate surface area is 189 Å². The van der Waals surface area contributed by atoms with Gasteiger partial charge in [-0.15, -0.1) is 11.3 Å². The first-order valence-electron chi connectivity index (χ1n) is 11.9. The van der Waals surface area contributed by atoms with E-state index >= 15 is 0 Å². The summed E-state index contributed by atoms with van der Waals surface area (Å²) in [5.74, 6) is 0.225. The van der Waals surface area contributed by atoms with Crippen molar-refractivity contribution < 1.29 is 9.53 Å². The van der Waals surface area contributed by atoms with Crippen LogP contribution in [0.3, 0.4) is 0 Å². The largest absolute Gasteiger partial charge is 0.375 e. The molecule has 0 atom stereocenters. The smallest absolute Gasteiger partial charge is 0.241 e. The van der Waals surface area contributed by atoms with Crippen molar-refractivity contribution in [2.24, 2.45) is 0 Å². The van der Waals surface area contributed by atoms with E-state index in [9.17, 15) is 4.79 Å². The number of hydrogen-bond donors (Lipinski definition) is 0. The van der Waals surface area contributed by atoms with Crippen LogP contribution in [0.5, 0.6) is 0 Å². The molecule has 1 aromatic heterocycles. The topological polar surface area (TPSA) is 45.7 Å². The Hall–Kier alpha value is -1.76. The zero-order valence-corrected chi connectivity index (χ0v) is 19.3. The Balaban J connectivity index is 1.14. The number of aromatic nitrogens is 1. The summed E-state index contributed by atoms with van der Waals surface area (Å²) < 4.78 is 6.35. The van der Waals surface area contributed by atoms with Gasteiger partial charge in [0.15, 0.2) is 0 Å². The molecule has 3 heterocycles. The summed E-state index contributed by atoms with van der Waals surface area (Å²) in [6.45, 7) is 5.27. The lowest BCUT2D eigenvalue weighted by Gasteiger charge is -2.35. The second-order valence-electron chi connectivity index (χ2n) is 9.26. The predicted molar refractivity (Wildman–Crippen MR) is 126 cm³/mol. The third-order valence-electron chi connectivity index (χ3n) is 7.02. The van der Waals surface area contributed by atoms with Crippen molar-refractivity contribution in [3.8, 4) is 11.3 Å². The minimum Gasteiger partial charge on any atom is -0.375 e. The molecule has 1 aliphatic carbocycles. The number of amides is 1. The number of rotatable bonds is 5. The summed E-state index contributed by atoms with van der Waals surface area (Å²) in [4.78, 5) is 22.0. The molecular formula is C25H33N3O2S. The molecular weight excluding hydrogens is 406 g/mol. The van der Waals surface area contributed by atoms with E-state index < -0.39 is 0 Å². The van der Waals surface area contributed by atoms with Crippen molar-refractivity contribution in [3.63, 3.8) is 0 Å². The number of piperidine rings is 1. The molecule has 2 aromatic rings. The Morgan fingerprint density at radius 1 is 1.10 bits per heavy atom. The van der Waals surface area contributed by atoms with Crippen LogP contribution in [0, 0.1) is 6.92 Å². The van der Waals surface area contributed by atoms with Crippen molar-refractivity contribution in [1.29, 1.82) is 0 Å². The van der Waals surface area contributed by atoms with Crippen molar-refractivity contribution in [3.05, 3.63) is 34.2 Å². The van der Waals surface area contributed by atoms with Gasteiger partial charge in [-0.25, -0.2) is 4.98 Å². The number of carbonyl (C=O) groups is 1. The molecule has 0 radical (unpaired) electrons. The van der Waals surface area contributed by atoms with Crippen LogP contribution < -0.4 is 4.90 Å². The lowest BCUT2D eigenvalue weighted by atomic mass is 9.97. The highest BCUT2D eigenvalue weighted by Crippen LogP contribution is 2.33. The van der Waals surface area contributed by atoms with Gasteiger partial charge in [-0.05, 0) is 56.7 Å². The number of carbonyl (C=O) groups excluding carboxylic acids is 1. The summed E-state index contributed by atoms with van der Waals surface area (Å²) in [6, 6.07) is 6.42. The SMILES string of the molecule is Cc1nc(-c2ccc3c(c2)CCN3C(=O)CN2CCC(OC3CCCCC3)CC2)cs1. The van der Waals surface area contributed by atoms with E-state index in [1.54, 1.807) is 11.3 Å². The molecule has 0 N–H and O–H groups in total. The van der Waals surface area contributed by atoms with Gasteiger partial charge < -0.3 is 9.64 Å². The van der Waals surface area contributed by atoms with Crippen LogP contribution in [0.15, 0.2) is 23.6 Å². The van der Waals surface area contributed by atoms with Gasteiger partial charge in [0.25, 0.3) is 0 Å². The highest BCUT2D eigenvalue weighted by atomic mass is 32.1. The minimum atomic E-state index is 0.225. The van der Waals surface area contributed by atoms with Gasteiger partial charge in [0.2, 0.25) is 5.91 Å². The standard InChI is InChI=1S/C25H33N3O2S/c1-18-26-23(17-31-18)19-7-8-24-20(15-19)9-14-28(24)25(29)16-27-12-10-22(11-13-27)30-21-5-3-2-4-6-21/h7-8,15,17,21-22H,2-6,9-14,16H2,1H3. The molecule has 1 aromatic carbocycles. The second kappa shape index (κ2) is 9.39. The van der Waals surface area contributed by atoms with Crippen LogP contribution in [0.25, 0.3) is 11.3 Å². The van der Waals surface area contributed by atoms with Crippen LogP contribution in [-0.2, 0) is 16.0 Å². The first-order chi connectivity index (χ1) is 15.2. The number of benzene rings is 1.